The molecule has 0 aliphatic rings. The predicted molar refractivity (Wildman–Crippen MR) is 263 cm³/mol. The molecule has 0 rings (SSSR count). The topological polar surface area (TPSA) is 102 Å². The predicted octanol–water partition coefficient (Wildman–Crippen LogP) is 13.1. The van der Waals surface area contributed by atoms with E-state index in [9.17, 15) is 19.5 Å². The second-order valence-corrected chi connectivity index (χ2v) is 17.8. The quantitative estimate of drug-likeness (QED) is 0.0197. The van der Waals surface area contributed by atoms with Crippen molar-refractivity contribution in [3.63, 3.8) is 0 Å². The lowest BCUT2D eigenvalue weighted by atomic mass is 10.1. The normalized spacial score (nSPS) is 13.6. The molecule has 0 saturated carbocycles. The lowest BCUT2D eigenvalue weighted by Crippen LogP contribution is -2.55. The minimum atomic E-state index is -1.13. The van der Waals surface area contributed by atoms with Crippen LogP contribution in [-0.2, 0) is 28.6 Å². The zero-order valence-electron chi connectivity index (χ0n) is 41.0. The van der Waals surface area contributed by atoms with Crippen LogP contribution in [-0.4, -0.2) is 75.5 Å². The molecule has 0 saturated heterocycles. The summed E-state index contributed by atoms with van der Waals surface area (Å²) in [5.41, 5.74) is 0. The molecule has 0 spiro atoms. The van der Waals surface area contributed by atoms with Crippen molar-refractivity contribution in [3.05, 3.63) is 85.1 Å². The monoisotopic (exact) mass is 880 g/mol. The van der Waals surface area contributed by atoms with Gasteiger partial charge >= 0.3 is 11.9 Å². The van der Waals surface area contributed by atoms with E-state index < -0.39 is 18.1 Å². The van der Waals surface area contributed by atoms with Gasteiger partial charge in [0.15, 0.2) is 6.10 Å². The maximum absolute atomic E-state index is 12.8. The van der Waals surface area contributed by atoms with E-state index in [2.05, 4.69) is 98.9 Å². The summed E-state index contributed by atoms with van der Waals surface area (Å²) >= 11 is 0. The van der Waals surface area contributed by atoms with Crippen molar-refractivity contribution in [1.82, 2.24) is 0 Å². The first kappa shape index (κ1) is 59.5. The van der Waals surface area contributed by atoms with Gasteiger partial charge in [-0.05, 0) is 83.5 Å². The van der Waals surface area contributed by atoms with Gasteiger partial charge in [-0.2, -0.15) is 0 Å². The largest absolute Gasteiger partial charge is 0.544 e. The first-order valence-electron chi connectivity index (χ1n) is 25.1. The highest BCUT2D eigenvalue weighted by atomic mass is 16.6. The number of rotatable bonds is 44. The van der Waals surface area contributed by atoms with Crippen LogP contribution in [0, 0.1) is 0 Å². The SMILES string of the molecule is CCCCC/C=C/C/C=C/C/C=C/C/C=C/CCCCCCCC(=O)OC(COCCC(C(=O)[O-])[N+](C)(C)C)COC(=O)CCCCCCC/C=C/C=C/C=C/CCCCCCC. The highest BCUT2D eigenvalue weighted by Gasteiger charge is 2.25. The molecular formula is C55H93NO7. The third-order valence-electron chi connectivity index (χ3n) is 10.8. The third-order valence-corrected chi connectivity index (χ3v) is 10.8. The molecule has 0 amide bonds. The van der Waals surface area contributed by atoms with Crippen LogP contribution < -0.4 is 5.11 Å². The standard InChI is InChI=1S/C55H93NO7/c1-6-8-10-12-14-16-18-20-22-24-26-27-28-30-32-34-36-38-40-42-44-46-54(58)63-51(49-61-48-47-52(55(59)60)56(3,4)5)50-62-53(57)45-43-41-39-37-35-33-31-29-25-23-21-19-17-15-13-11-9-7-2/h14,16,19-23,25-27,29-32,51-52H,6-13,15,17-18,24,28,33-50H2,1-5H3/b16-14+,21-19+,22-20+,25-23+,27-26+,31-29+,32-30+. The molecule has 2 atom stereocenters. The van der Waals surface area contributed by atoms with E-state index in [4.69, 9.17) is 14.2 Å². The van der Waals surface area contributed by atoms with Crippen molar-refractivity contribution in [2.24, 2.45) is 0 Å². The van der Waals surface area contributed by atoms with E-state index in [1.807, 2.05) is 0 Å². The highest BCUT2D eigenvalue weighted by molar-refractivity contribution is 5.70. The van der Waals surface area contributed by atoms with Gasteiger partial charge in [-0.25, -0.2) is 0 Å². The Balaban J connectivity index is 4.38. The molecule has 8 nitrogen and oxygen atoms in total. The zero-order valence-corrected chi connectivity index (χ0v) is 41.0. The fourth-order valence-electron chi connectivity index (χ4n) is 6.88. The number of carboxylic acids is 1. The summed E-state index contributed by atoms with van der Waals surface area (Å²) < 4.78 is 17.2. The van der Waals surface area contributed by atoms with Crippen molar-refractivity contribution < 1.29 is 38.2 Å². The molecule has 0 radical (unpaired) electrons. The Hall–Kier alpha value is -3.49. The average molecular weight is 880 g/mol. The number of aliphatic carboxylic acids is 1. The summed E-state index contributed by atoms with van der Waals surface area (Å²) in [6.45, 7) is 4.57. The number of hydrogen-bond acceptors (Lipinski definition) is 7. The minimum Gasteiger partial charge on any atom is -0.544 e. The lowest BCUT2D eigenvalue weighted by Gasteiger charge is -2.34. The molecule has 0 bridgehead atoms. The molecule has 0 aromatic carbocycles. The van der Waals surface area contributed by atoms with Gasteiger partial charge in [-0.1, -0.05) is 176 Å². The zero-order chi connectivity index (χ0) is 46.3. The van der Waals surface area contributed by atoms with Gasteiger partial charge in [0.2, 0.25) is 0 Å². The average Bonchev–Trinajstić information content (AvgIpc) is 3.24. The van der Waals surface area contributed by atoms with Gasteiger partial charge in [0.25, 0.3) is 0 Å². The number of carbonyl (C=O) groups excluding carboxylic acids is 3. The molecular weight excluding hydrogens is 787 g/mol. The number of unbranched alkanes of at least 4 members (excludes halogenated alkanes) is 18. The van der Waals surface area contributed by atoms with E-state index in [1.54, 1.807) is 21.1 Å². The van der Waals surface area contributed by atoms with Crippen LogP contribution in [0.4, 0.5) is 0 Å². The Morgan fingerprint density at radius 3 is 1.40 bits per heavy atom. The molecule has 0 aliphatic carbocycles. The maximum Gasteiger partial charge on any atom is 0.306 e. The van der Waals surface area contributed by atoms with Crippen molar-refractivity contribution in [3.8, 4) is 0 Å². The van der Waals surface area contributed by atoms with Crippen molar-refractivity contribution in [2.75, 3.05) is 41.0 Å². The van der Waals surface area contributed by atoms with Crippen LogP contribution in [0.1, 0.15) is 194 Å². The van der Waals surface area contributed by atoms with Gasteiger partial charge in [0.1, 0.15) is 12.6 Å². The minimum absolute atomic E-state index is 0.0214. The van der Waals surface area contributed by atoms with E-state index in [0.717, 1.165) is 103 Å². The Bertz CT molecular complexity index is 1300. The first-order chi connectivity index (χ1) is 30.6. The molecule has 2 unspecified atom stereocenters. The Kier molecular flexibility index (Phi) is 42.6. The van der Waals surface area contributed by atoms with Crippen LogP contribution in [0.2, 0.25) is 0 Å². The number of quaternary nitrogens is 1. The second-order valence-electron chi connectivity index (χ2n) is 17.8. The van der Waals surface area contributed by atoms with Gasteiger partial charge in [0, 0.05) is 19.3 Å². The van der Waals surface area contributed by atoms with Gasteiger partial charge in [0.05, 0.1) is 40.3 Å². The fraction of sp³-hybridized carbons (Fsp3) is 0.691. The van der Waals surface area contributed by atoms with Crippen LogP contribution in [0.3, 0.4) is 0 Å². The number of hydrogen-bond donors (Lipinski definition) is 0. The lowest BCUT2D eigenvalue weighted by molar-refractivity contribution is -0.889. The summed E-state index contributed by atoms with van der Waals surface area (Å²) in [6, 6.07) is -0.738. The summed E-state index contributed by atoms with van der Waals surface area (Å²) in [4.78, 5) is 37.0. The maximum atomic E-state index is 12.8. The number of esters is 2. The van der Waals surface area contributed by atoms with E-state index >= 15 is 0 Å². The highest BCUT2D eigenvalue weighted by Crippen LogP contribution is 2.13. The van der Waals surface area contributed by atoms with Gasteiger partial charge < -0.3 is 28.6 Å². The number of nitrogens with zero attached hydrogens (tertiary/aromatic N) is 1. The van der Waals surface area contributed by atoms with Crippen LogP contribution in [0.25, 0.3) is 0 Å². The molecule has 360 valence electrons. The molecule has 8 heteroatoms. The van der Waals surface area contributed by atoms with Crippen molar-refractivity contribution in [1.29, 1.82) is 0 Å². The van der Waals surface area contributed by atoms with Crippen molar-refractivity contribution in [2.45, 2.75) is 206 Å². The van der Waals surface area contributed by atoms with E-state index in [0.29, 0.717) is 12.8 Å². The van der Waals surface area contributed by atoms with E-state index in [1.165, 1.54) is 57.8 Å². The molecule has 0 N–H and O–H groups in total. The summed E-state index contributed by atoms with van der Waals surface area (Å²) in [5, 5.41) is 11.7. The van der Waals surface area contributed by atoms with Gasteiger partial charge in [-0.15, -0.1) is 0 Å². The van der Waals surface area contributed by atoms with Crippen molar-refractivity contribution >= 4 is 17.9 Å². The molecule has 63 heavy (non-hydrogen) atoms. The Morgan fingerprint density at radius 1 is 0.492 bits per heavy atom. The third kappa shape index (κ3) is 43.5. The van der Waals surface area contributed by atoms with Crippen LogP contribution in [0.5, 0.6) is 0 Å². The number of ether oxygens (including phenoxy) is 3. The number of carboxylic acid groups (broad SMARTS) is 1. The molecule has 0 aromatic heterocycles. The van der Waals surface area contributed by atoms with E-state index in [-0.39, 0.29) is 42.7 Å². The first-order valence-corrected chi connectivity index (χ1v) is 25.1. The van der Waals surface area contributed by atoms with Crippen LogP contribution >= 0.6 is 0 Å². The summed E-state index contributed by atoms with van der Waals surface area (Å²) in [6.07, 6.45) is 58.9. The number of carbonyl (C=O) groups is 3. The second kappa shape index (κ2) is 45.1. The Labute approximate surface area is 386 Å². The number of likely N-dealkylation sites (N-methyl/N-ethyl adjacent to an activating group) is 1. The van der Waals surface area contributed by atoms with Crippen LogP contribution in [0.15, 0.2) is 85.1 Å². The molecule has 0 aliphatic heterocycles. The molecule has 0 heterocycles. The summed E-state index contributed by atoms with van der Waals surface area (Å²) in [7, 11) is 5.39. The fourth-order valence-corrected chi connectivity index (χ4v) is 6.88. The van der Waals surface area contributed by atoms with Gasteiger partial charge in [-0.3, -0.25) is 9.59 Å². The molecule has 0 fully saturated rings. The molecule has 0 aromatic rings. The number of allylic oxidation sites excluding steroid dienone is 14. The summed E-state index contributed by atoms with van der Waals surface area (Å²) in [5.74, 6) is -1.79. The Morgan fingerprint density at radius 2 is 0.905 bits per heavy atom. The smallest absolute Gasteiger partial charge is 0.306 e.